The highest BCUT2D eigenvalue weighted by Crippen LogP contribution is 2.23. The van der Waals surface area contributed by atoms with Gasteiger partial charge in [0.15, 0.2) is 0 Å². The van der Waals surface area contributed by atoms with Crippen molar-refractivity contribution in [2.24, 2.45) is 5.92 Å². The maximum Gasteiger partial charge on any atom is 0.252 e. The summed E-state index contributed by atoms with van der Waals surface area (Å²) in [6, 6.07) is 3.55. The number of aromatic nitrogens is 4. The standard InChI is InChI=1S/C17H22N6O2/c1-4-22-10-12(8-15(22)24)16(25)20-14-9-13(11(2)3)21-23(14)17-18-6-5-7-19-17/h5-7,9,11-12H,4,8,10H2,1-3H3,(H,20,25). The maximum absolute atomic E-state index is 12.6. The van der Waals surface area contributed by atoms with Gasteiger partial charge in [-0.2, -0.15) is 9.78 Å². The van der Waals surface area contributed by atoms with Crippen LogP contribution in [0.5, 0.6) is 0 Å². The molecule has 1 unspecified atom stereocenters. The van der Waals surface area contributed by atoms with Crippen LogP contribution in [0, 0.1) is 5.92 Å². The molecule has 1 aliphatic rings. The summed E-state index contributed by atoms with van der Waals surface area (Å²) >= 11 is 0. The number of hydrogen-bond acceptors (Lipinski definition) is 5. The Kier molecular flexibility index (Phi) is 4.78. The summed E-state index contributed by atoms with van der Waals surface area (Å²) in [5, 5.41) is 7.40. The van der Waals surface area contributed by atoms with Crippen molar-refractivity contribution in [3.8, 4) is 5.95 Å². The van der Waals surface area contributed by atoms with E-state index in [0.29, 0.717) is 24.9 Å². The molecule has 3 rings (SSSR count). The summed E-state index contributed by atoms with van der Waals surface area (Å²) < 4.78 is 1.53. The number of anilines is 1. The molecule has 8 nitrogen and oxygen atoms in total. The van der Waals surface area contributed by atoms with E-state index in [-0.39, 0.29) is 30.1 Å². The van der Waals surface area contributed by atoms with Gasteiger partial charge in [0, 0.05) is 38.0 Å². The Morgan fingerprint density at radius 3 is 2.68 bits per heavy atom. The Balaban J connectivity index is 1.84. The van der Waals surface area contributed by atoms with Crippen LogP contribution >= 0.6 is 0 Å². The molecule has 0 aromatic carbocycles. The van der Waals surface area contributed by atoms with Crippen molar-refractivity contribution in [3.05, 3.63) is 30.2 Å². The molecular weight excluding hydrogens is 320 g/mol. The van der Waals surface area contributed by atoms with Gasteiger partial charge in [-0.1, -0.05) is 13.8 Å². The van der Waals surface area contributed by atoms with Crippen molar-refractivity contribution in [1.29, 1.82) is 0 Å². The number of amides is 2. The normalized spacial score (nSPS) is 17.4. The van der Waals surface area contributed by atoms with Crippen molar-refractivity contribution < 1.29 is 9.59 Å². The third kappa shape index (κ3) is 3.52. The third-order valence-electron chi connectivity index (χ3n) is 4.28. The van der Waals surface area contributed by atoms with E-state index in [2.05, 4.69) is 20.4 Å². The number of nitrogens with zero attached hydrogens (tertiary/aromatic N) is 5. The predicted octanol–water partition coefficient (Wildman–Crippen LogP) is 1.59. The van der Waals surface area contributed by atoms with Crippen LogP contribution < -0.4 is 5.32 Å². The van der Waals surface area contributed by atoms with Crippen molar-refractivity contribution in [3.63, 3.8) is 0 Å². The number of carbonyl (C=O) groups excluding carboxylic acids is 2. The van der Waals surface area contributed by atoms with Gasteiger partial charge < -0.3 is 10.2 Å². The lowest BCUT2D eigenvalue weighted by Gasteiger charge is -2.13. The second-order valence-electron chi connectivity index (χ2n) is 6.39. The molecule has 1 fully saturated rings. The first-order valence-electron chi connectivity index (χ1n) is 8.45. The number of rotatable bonds is 5. The van der Waals surface area contributed by atoms with E-state index in [1.807, 2.05) is 26.8 Å². The van der Waals surface area contributed by atoms with E-state index in [4.69, 9.17) is 0 Å². The van der Waals surface area contributed by atoms with Crippen molar-refractivity contribution >= 4 is 17.6 Å². The fraction of sp³-hybridized carbons (Fsp3) is 0.471. The summed E-state index contributed by atoms with van der Waals surface area (Å²) in [7, 11) is 0. The Labute approximate surface area is 146 Å². The molecule has 2 aromatic heterocycles. The SMILES string of the molecule is CCN1CC(C(=O)Nc2cc(C(C)C)nn2-c2ncccn2)CC1=O. The van der Waals surface area contributed by atoms with E-state index >= 15 is 0 Å². The molecule has 1 atom stereocenters. The van der Waals surface area contributed by atoms with Gasteiger partial charge in [-0.15, -0.1) is 0 Å². The fourth-order valence-electron chi connectivity index (χ4n) is 2.81. The van der Waals surface area contributed by atoms with Gasteiger partial charge in [0.25, 0.3) is 5.95 Å². The monoisotopic (exact) mass is 342 g/mol. The van der Waals surface area contributed by atoms with Crippen LogP contribution in [-0.4, -0.2) is 49.6 Å². The molecule has 0 spiro atoms. The molecule has 0 radical (unpaired) electrons. The molecular formula is C17H22N6O2. The molecule has 2 amide bonds. The average Bonchev–Trinajstić information content (AvgIpc) is 3.19. The van der Waals surface area contributed by atoms with Crippen LogP contribution in [0.1, 0.15) is 38.8 Å². The minimum absolute atomic E-state index is 0.0189. The van der Waals surface area contributed by atoms with E-state index in [1.54, 1.807) is 23.4 Å². The first kappa shape index (κ1) is 17.1. The predicted molar refractivity (Wildman–Crippen MR) is 92.2 cm³/mol. The molecule has 132 valence electrons. The molecule has 0 saturated carbocycles. The summed E-state index contributed by atoms with van der Waals surface area (Å²) in [6.07, 6.45) is 3.49. The zero-order valence-corrected chi connectivity index (χ0v) is 14.6. The maximum atomic E-state index is 12.6. The van der Waals surface area contributed by atoms with Crippen LogP contribution in [0.3, 0.4) is 0 Å². The Hall–Kier alpha value is -2.77. The molecule has 0 bridgehead atoms. The first-order valence-corrected chi connectivity index (χ1v) is 8.45. The zero-order chi connectivity index (χ0) is 18.0. The zero-order valence-electron chi connectivity index (χ0n) is 14.6. The van der Waals surface area contributed by atoms with Gasteiger partial charge in [-0.25, -0.2) is 9.97 Å². The highest BCUT2D eigenvalue weighted by molar-refractivity contribution is 5.96. The summed E-state index contributed by atoms with van der Waals surface area (Å²) in [6.45, 7) is 7.04. The number of hydrogen-bond donors (Lipinski definition) is 1. The highest BCUT2D eigenvalue weighted by atomic mass is 16.2. The van der Waals surface area contributed by atoms with Crippen LogP contribution in [-0.2, 0) is 9.59 Å². The van der Waals surface area contributed by atoms with Crippen LogP contribution in [0.2, 0.25) is 0 Å². The number of likely N-dealkylation sites (tertiary alicyclic amines) is 1. The fourth-order valence-corrected chi connectivity index (χ4v) is 2.81. The van der Waals surface area contributed by atoms with Crippen LogP contribution in [0.15, 0.2) is 24.5 Å². The van der Waals surface area contributed by atoms with Gasteiger partial charge in [0.2, 0.25) is 11.8 Å². The van der Waals surface area contributed by atoms with Gasteiger partial charge >= 0.3 is 0 Å². The molecule has 0 aliphatic carbocycles. The number of nitrogens with one attached hydrogen (secondary N) is 1. The molecule has 2 aromatic rings. The minimum Gasteiger partial charge on any atom is -0.342 e. The quantitative estimate of drug-likeness (QED) is 0.891. The molecule has 3 heterocycles. The van der Waals surface area contributed by atoms with Crippen LogP contribution in [0.25, 0.3) is 5.95 Å². The van der Waals surface area contributed by atoms with Crippen molar-refractivity contribution in [1.82, 2.24) is 24.6 Å². The Morgan fingerprint density at radius 1 is 1.36 bits per heavy atom. The summed E-state index contributed by atoms with van der Waals surface area (Å²) in [5.74, 6) is 0.589. The lowest BCUT2D eigenvalue weighted by Crippen LogP contribution is -2.28. The van der Waals surface area contributed by atoms with Crippen LogP contribution in [0.4, 0.5) is 5.82 Å². The Bertz CT molecular complexity index is 771. The average molecular weight is 342 g/mol. The third-order valence-corrected chi connectivity index (χ3v) is 4.28. The molecule has 1 saturated heterocycles. The lowest BCUT2D eigenvalue weighted by atomic mass is 10.1. The summed E-state index contributed by atoms with van der Waals surface area (Å²) in [5.41, 5.74) is 0.834. The smallest absolute Gasteiger partial charge is 0.252 e. The molecule has 25 heavy (non-hydrogen) atoms. The second-order valence-corrected chi connectivity index (χ2v) is 6.39. The second kappa shape index (κ2) is 7.00. The van der Waals surface area contributed by atoms with E-state index < -0.39 is 0 Å². The Morgan fingerprint density at radius 2 is 2.08 bits per heavy atom. The molecule has 1 N–H and O–H groups in total. The van der Waals surface area contributed by atoms with Gasteiger partial charge in [0.05, 0.1) is 11.6 Å². The lowest BCUT2D eigenvalue weighted by molar-refractivity contribution is -0.128. The minimum atomic E-state index is -0.352. The van der Waals surface area contributed by atoms with E-state index in [9.17, 15) is 9.59 Å². The largest absolute Gasteiger partial charge is 0.342 e. The highest BCUT2D eigenvalue weighted by Gasteiger charge is 2.34. The first-order chi connectivity index (χ1) is 12.0. The van der Waals surface area contributed by atoms with Gasteiger partial charge in [-0.05, 0) is 18.9 Å². The van der Waals surface area contributed by atoms with Gasteiger partial charge in [-0.3, -0.25) is 9.59 Å². The topological polar surface area (TPSA) is 93.0 Å². The van der Waals surface area contributed by atoms with Crippen molar-refractivity contribution in [2.75, 3.05) is 18.4 Å². The van der Waals surface area contributed by atoms with Gasteiger partial charge in [0.1, 0.15) is 5.82 Å². The van der Waals surface area contributed by atoms with E-state index in [1.165, 1.54) is 4.68 Å². The summed E-state index contributed by atoms with van der Waals surface area (Å²) in [4.78, 5) is 34.6. The van der Waals surface area contributed by atoms with E-state index in [0.717, 1.165) is 5.69 Å². The number of carbonyl (C=O) groups is 2. The van der Waals surface area contributed by atoms with Crippen molar-refractivity contribution in [2.45, 2.75) is 33.1 Å². The molecule has 8 heteroatoms. The molecule has 1 aliphatic heterocycles.